The normalized spacial score (nSPS) is 21.1. The summed E-state index contributed by atoms with van der Waals surface area (Å²) in [5.41, 5.74) is 4.75. The number of anilines is 2. The Morgan fingerprint density at radius 2 is 2.07 bits per heavy atom. The molecule has 0 bridgehead atoms. The van der Waals surface area contributed by atoms with E-state index in [1.165, 1.54) is 17.9 Å². The number of cyclic esters (lactones) is 1. The number of hydrogen-bond acceptors (Lipinski definition) is 6. The molecule has 3 amide bonds. The third-order valence-electron chi connectivity index (χ3n) is 5.23. The number of carbonyl (C=O) groups excluding carboxylic acids is 3. The lowest BCUT2D eigenvalue weighted by Crippen LogP contribution is -2.46. The van der Waals surface area contributed by atoms with Crippen LogP contribution in [-0.4, -0.2) is 60.9 Å². The third kappa shape index (κ3) is 4.94. The summed E-state index contributed by atoms with van der Waals surface area (Å²) in [4.78, 5) is 37.3. The molecule has 1 aromatic carbocycles. The van der Waals surface area contributed by atoms with E-state index in [4.69, 9.17) is 10.5 Å². The van der Waals surface area contributed by atoms with Crippen LogP contribution in [0.5, 0.6) is 0 Å². The van der Waals surface area contributed by atoms with E-state index >= 15 is 0 Å². The van der Waals surface area contributed by atoms with Gasteiger partial charge in [0, 0.05) is 20.0 Å². The zero-order valence-electron chi connectivity index (χ0n) is 16.2. The molecule has 0 spiro atoms. The predicted molar refractivity (Wildman–Crippen MR) is 103 cm³/mol. The van der Waals surface area contributed by atoms with Crippen molar-refractivity contribution in [1.82, 2.24) is 5.32 Å². The fourth-order valence-corrected chi connectivity index (χ4v) is 3.68. The van der Waals surface area contributed by atoms with Crippen LogP contribution in [0.15, 0.2) is 18.2 Å². The summed E-state index contributed by atoms with van der Waals surface area (Å²) in [7, 11) is 0. The van der Waals surface area contributed by atoms with Crippen molar-refractivity contribution in [1.29, 1.82) is 0 Å². The lowest BCUT2D eigenvalue weighted by molar-refractivity contribution is -0.123. The molecular weight excluding hydrogens is 383 g/mol. The van der Waals surface area contributed by atoms with Crippen molar-refractivity contribution in [3.63, 3.8) is 0 Å². The summed E-state index contributed by atoms with van der Waals surface area (Å²) in [5, 5.41) is 13.0. The molecule has 10 heteroatoms. The van der Waals surface area contributed by atoms with E-state index in [9.17, 15) is 23.9 Å². The first-order chi connectivity index (χ1) is 13.7. The molecule has 1 aromatic rings. The van der Waals surface area contributed by atoms with Crippen LogP contribution >= 0.6 is 0 Å². The summed E-state index contributed by atoms with van der Waals surface area (Å²) in [5.74, 6) is -1.29. The van der Waals surface area contributed by atoms with Gasteiger partial charge < -0.3 is 25.8 Å². The van der Waals surface area contributed by atoms with Crippen molar-refractivity contribution < 1.29 is 28.6 Å². The first-order valence-corrected chi connectivity index (χ1v) is 9.45. The molecule has 2 fully saturated rings. The lowest BCUT2D eigenvalue weighted by atomic mass is 9.88. The van der Waals surface area contributed by atoms with Gasteiger partial charge in [-0.25, -0.2) is 9.18 Å². The first-order valence-electron chi connectivity index (χ1n) is 9.45. The second-order valence-corrected chi connectivity index (χ2v) is 7.54. The van der Waals surface area contributed by atoms with Gasteiger partial charge in [0.1, 0.15) is 11.9 Å². The molecule has 0 aromatic heterocycles. The SMILES string of the molecule is CC(=O)NCC1CN(c2ccc(N3CCC(O)(CC(N)=O)CC3)c(F)c2)C(=O)O1. The molecule has 2 aliphatic heterocycles. The average molecular weight is 408 g/mol. The smallest absolute Gasteiger partial charge is 0.414 e. The molecule has 0 aliphatic carbocycles. The van der Waals surface area contributed by atoms with Gasteiger partial charge in [-0.2, -0.15) is 0 Å². The Balaban J connectivity index is 1.64. The number of piperidine rings is 1. The molecule has 4 N–H and O–H groups in total. The highest BCUT2D eigenvalue weighted by molar-refractivity contribution is 5.90. The molecule has 2 saturated heterocycles. The number of nitrogens with one attached hydrogen (secondary N) is 1. The number of ether oxygens (including phenoxy) is 1. The molecule has 1 atom stereocenters. The van der Waals surface area contributed by atoms with Gasteiger partial charge in [-0.3, -0.25) is 14.5 Å². The fraction of sp³-hybridized carbons (Fsp3) is 0.526. The van der Waals surface area contributed by atoms with Crippen molar-refractivity contribution in [3.8, 4) is 0 Å². The van der Waals surface area contributed by atoms with E-state index in [2.05, 4.69) is 5.32 Å². The number of hydrogen-bond donors (Lipinski definition) is 3. The van der Waals surface area contributed by atoms with E-state index < -0.39 is 29.5 Å². The minimum Gasteiger partial charge on any atom is -0.442 e. The molecule has 3 rings (SSSR count). The molecule has 1 unspecified atom stereocenters. The van der Waals surface area contributed by atoms with Crippen LogP contribution in [0.2, 0.25) is 0 Å². The Hall–Kier alpha value is -2.88. The molecule has 29 heavy (non-hydrogen) atoms. The molecule has 2 aliphatic rings. The van der Waals surface area contributed by atoms with Crippen LogP contribution in [0.1, 0.15) is 26.2 Å². The van der Waals surface area contributed by atoms with Crippen molar-refractivity contribution in [2.75, 3.05) is 36.0 Å². The second-order valence-electron chi connectivity index (χ2n) is 7.54. The maximum absolute atomic E-state index is 14.8. The zero-order chi connectivity index (χ0) is 21.2. The highest BCUT2D eigenvalue weighted by Gasteiger charge is 2.35. The first kappa shape index (κ1) is 20.8. The largest absolute Gasteiger partial charge is 0.442 e. The highest BCUT2D eigenvalue weighted by Crippen LogP contribution is 2.32. The molecule has 0 saturated carbocycles. The van der Waals surface area contributed by atoms with E-state index in [1.807, 2.05) is 0 Å². The van der Waals surface area contributed by atoms with Crippen LogP contribution in [-0.2, 0) is 14.3 Å². The Morgan fingerprint density at radius 3 is 2.66 bits per heavy atom. The predicted octanol–water partition coefficient (Wildman–Crippen LogP) is 0.494. The van der Waals surface area contributed by atoms with Gasteiger partial charge >= 0.3 is 6.09 Å². The van der Waals surface area contributed by atoms with Gasteiger partial charge in [0.25, 0.3) is 0 Å². The van der Waals surface area contributed by atoms with Crippen molar-refractivity contribution in [3.05, 3.63) is 24.0 Å². The number of amides is 3. The second kappa shape index (κ2) is 8.24. The number of benzene rings is 1. The number of nitrogens with two attached hydrogens (primary N) is 1. The van der Waals surface area contributed by atoms with Gasteiger partial charge in [0.05, 0.1) is 36.5 Å². The number of nitrogens with zero attached hydrogens (tertiary/aromatic N) is 2. The third-order valence-corrected chi connectivity index (χ3v) is 5.23. The number of aliphatic hydroxyl groups is 1. The Bertz CT molecular complexity index is 810. The summed E-state index contributed by atoms with van der Waals surface area (Å²) in [6.07, 6.45) is -0.596. The fourth-order valence-electron chi connectivity index (χ4n) is 3.68. The summed E-state index contributed by atoms with van der Waals surface area (Å²) in [6.45, 7) is 2.54. The minimum absolute atomic E-state index is 0.112. The van der Waals surface area contributed by atoms with Gasteiger partial charge in [0.2, 0.25) is 11.8 Å². The van der Waals surface area contributed by atoms with E-state index in [1.54, 1.807) is 17.0 Å². The maximum Gasteiger partial charge on any atom is 0.414 e. The van der Waals surface area contributed by atoms with Gasteiger partial charge in [-0.1, -0.05) is 0 Å². The van der Waals surface area contributed by atoms with Crippen LogP contribution in [0.4, 0.5) is 20.6 Å². The number of primary amides is 1. The maximum atomic E-state index is 14.8. The van der Waals surface area contributed by atoms with Crippen LogP contribution in [0.25, 0.3) is 0 Å². The van der Waals surface area contributed by atoms with Crippen LogP contribution < -0.4 is 20.9 Å². The van der Waals surface area contributed by atoms with Crippen LogP contribution in [0, 0.1) is 5.82 Å². The van der Waals surface area contributed by atoms with E-state index in [-0.39, 0.29) is 25.4 Å². The van der Waals surface area contributed by atoms with Crippen LogP contribution in [0.3, 0.4) is 0 Å². The zero-order valence-corrected chi connectivity index (χ0v) is 16.2. The van der Waals surface area contributed by atoms with E-state index in [0.29, 0.717) is 37.3 Å². The Labute approximate surface area is 167 Å². The highest BCUT2D eigenvalue weighted by atomic mass is 19.1. The molecule has 0 radical (unpaired) electrons. The monoisotopic (exact) mass is 408 g/mol. The van der Waals surface area contributed by atoms with Crippen molar-refractivity contribution in [2.24, 2.45) is 5.73 Å². The topological polar surface area (TPSA) is 125 Å². The number of rotatable bonds is 6. The lowest BCUT2D eigenvalue weighted by Gasteiger charge is -2.39. The molecule has 9 nitrogen and oxygen atoms in total. The van der Waals surface area contributed by atoms with Gasteiger partial charge in [-0.05, 0) is 31.0 Å². The van der Waals surface area contributed by atoms with Crippen molar-refractivity contribution in [2.45, 2.75) is 37.9 Å². The number of halogens is 1. The molecule has 158 valence electrons. The average Bonchev–Trinajstić information content (AvgIpc) is 3.01. The molecular formula is C19H25FN4O5. The number of carbonyl (C=O) groups is 3. The van der Waals surface area contributed by atoms with Crippen molar-refractivity contribution >= 4 is 29.3 Å². The Morgan fingerprint density at radius 1 is 1.38 bits per heavy atom. The van der Waals surface area contributed by atoms with Gasteiger partial charge in [0.15, 0.2) is 0 Å². The summed E-state index contributed by atoms with van der Waals surface area (Å²) < 4.78 is 19.9. The standard InChI is InChI=1S/C19H25FN4O5/c1-12(25)22-10-14-11-24(18(27)29-14)13-2-3-16(15(20)8-13)23-6-4-19(28,5-7-23)9-17(21)26/h2-3,8,14,28H,4-7,9-11H2,1H3,(H2,21,26)(H,22,25). The summed E-state index contributed by atoms with van der Waals surface area (Å²) >= 11 is 0. The van der Waals surface area contributed by atoms with Gasteiger partial charge in [-0.15, -0.1) is 0 Å². The quantitative estimate of drug-likeness (QED) is 0.629. The Kier molecular flexibility index (Phi) is 5.92. The van der Waals surface area contributed by atoms with E-state index in [0.717, 1.165) is 0 Å². The molecule has 2 heterocycles. The minimum atomic E-state index is -1.15. The summed E-state index contributed by atoms with van der Waals surface area (Å²) in [6, 6.07) is 4.48.